The molecule has 0 aromatic heterocycles. The SMILES string of the molecule is CCCCOc1ccc(C2C3=C(CC(C)(C)CC3=O)OC3=C2C(=O)CC(C)(C)C3)cc1OCC. The second-order valence-electron chi connectivity index (χ2n) is 11.4. The smallest absolute Gasteiger partial charge is 0.163 e. The van der Waals surface area contributed by atoms with E-state index < -0.39 is 5.92 Å². The molecule has 1 aromatic rings. The van der Waals surface area contributed by atoms with E-state index in [-0.39, 0.29) is 22.4 Å². The molecule has 0 unspecified atom stereocenters. The zero-order valence-electron chi connectivity index (χ0n) is 21.5. The number of unbranched alkanes of at least 4 members (excludes halogenated alkanes) is 1. The topological polar surface area (TPSA) is 61.8 Å². The van der Waals surface area contributed by atoms with Crippen molar-refractivity contribution in [3.8, 4) is 11.5 Å². The molecule has 0 atom stereocenters. The van der Waals surface area contributed by atoms with Crippen LogP contribution in [0.1, 0.15) is 91.5 Å². The Morgan fingerprint density at radius 3 is 1.97 bits per heavy atom. The number of ether oxygens (including phenoxy) is 3. The highest BCUT2D eigenvalue weighted by atomic mass is 16.5. The summed E-state index contributed by atoms with van der Waals surface area (Å²) in [5.74, 6) is 2.53. The molecule has 0 saturated carbocycles. The Kier molecular flexibility index (Phi) is 6.67. The lowest BCUT2D eigenvalue weighted by Crippen LogP contribution is -2.37. The molecule has 0 spiro atoms. The third-order valence-corrected chi connectivity index (χ3v) is 6.94. The summed E-state index contributed by atoms with van der Waals surface area (Å²) in [5.41, 5.74) is 1.84. The third kappa shape index (κ3) is 4.80. The van der Waals surface area contributed by atoms with Gasteiger partial charge in [-0.05, 0) is 41.9 Å². The minimum absolute atomic E-state index is 0.0710. The molecule has 34 heavy (non-hydrogen) atoms. The van der Waals surface area contributed by atoms with Crippen LogP contribution in [0.5, 0.6) is 11.5 Å². The fourth-order valence-corrected chi connectivity index (χ4v) is 5.43. The minimum atomic E-state index is -0.421. The highest BCUT2D eigenvalue weighted by Crippen LogP contribution is 2.53. The van der Waals surface area contributed by atoms with Crippen molar-refractivity contribution < 1.29 is 23.8 Å². The van der Waals surface area contributed by atoms with Crippen LogP contribution in [0.2, 0.25) is 0 Å². The monoisotopic (exact) mass is 466 g/mol. The van der Waals surface area contributed by atoms with Gasteiger partial charge in [0, 0.05) is 42.7 Å². The first-order valence-electron chi connectivity index (χ1n) is 12.6. The normalized spacial score (nSPS) is 21.7. The Labute approximate surface area is 203 Å². The van der Waals surface area contributed by atoms with Crippen LogP contribution in [-0.2, 0) is 14.3 Å². The van der Waals surface area contributed by atoms with Gasteiger partial charge < -0.3 is 14.2 Å². The maximum Gasteiger partial charge on any atom is 0.163 e. The van der Waals surface area contributed by atoms with Gasteiger partial charge in [-0.25, -0.2) is 0 Å². The second-order valence-corrected chi connectivity index (χ2v) is 11.4. The Balaban J connectivity index is 1.83. The van der Waals surface area contributed by atoms with E-state index in [0.29, 0.717) is 61.5 Å². The minimum Gasteiger partial charge on any atom is -0.490 e. The zero-order chi connectivity index (χ0) is 24.7. The fourth-order valence-electron chi connectivity index (χ4n) is 5.43. The van der Waals surface area contributed by atoms with Crippen molar-refractivity contribution in [2.75, 3.05) is 13.2 Å². The van der Waals surface area contributed by atoms with Crippen molar-refractivity contribution in [2.24, 2.45) is 10.8 Å². The first-order chi connectivity index (χ1) is 16.0. The molecule has 1 heterocycles. The zero-order valence-corrected chi connectivity index (χ0v) is 21.5. The quantitative estimate of drug-likeness (QED) is 0.420. The lowest BCUT2D eigenvalue weighted by Gasteiger charge is -2.42. The molecular weight excluding hydrogens is 428 g/mol. The van der Waals surface area contributed by atoms with Crippen LogP contribution < -0.4 is 9.47 Å². The van der Waals surface area contributed by atoms with Crippen molar-refractivity contribution in [1.82, 2.24) is 0 Å². The van der Waals surface area contributed by atoms with Crippen molar-refractivity contribution in [3.63, 3.8) is 0 Å². The van der Waals surface area contributed by atoms with Gasteiger partial charge in [0.05, 0.1) is 13.2 Å². The Morgan fingerprint density at radius 2 is 1.44 bits per heavy atom. The van der Waals surface area contributed by atoms with E-state index in [1.165, 1.54) is 0 Å². The van der Waals surface area contributed by atoms with Crippen LogP contribution in [0, 0.1) is 10.8 Å². The number of hydrogen-bond donors (Lipinski definition) is 0. The Bertz CT molecular complexity index is 1000. The van der Waals surface area contributed by atoms with Gasteiger partial charge in [-0.3, -0.25) is 9.59 Å². The number of carbonyl (C=O) groups is 2. The molecule has 5 nitrogen and oxygen atoms in total. The summed E-state index contributed by atoms with van der Waals surface area (Å²) in [6.45, 7) is 13.6. The summed E-state index contributed by atoms with van der Waals surface area (Å²) < 4.78 is 18.3. The van der Waals surface area contributed by atoms with Gasteiger partial charge in [0.15, 0.2) is 23.1 Å². The van der Waals surface area contributed by atoms with Gasteiger partial charge in [-0.1, -0.05) is 47.1 Å². The summed E-state index contributed by atoms with van der Waals surface area (Å²) in [7, 11) is 0. The molecule has 3 aliphatic rings. The predicted molar refractivity (Wildman–Crippen MR) is 132 cm³/mol. The summed E-state index contributed by atoms with van der Waals surface area (Å²) in [6, 6.07) is 5.85. The molecule has 2 aliphatic carbocycles. The van der Waals surface area contributed by atoms with Gasteiger partial charge in [0.2, 0.25) is 0 Å². The van der Waals surface area contributed by atoms with Crippen molar-refractivity contribution >= 4 is 11.6 Å². The Morgan fingerprint density at radius 1 is 0.853 bits per heavy atom. The number of allylic oxidation sites excluding steroid dienone is 4. The summed E-state index contributed by atoms with van der Waals surface area (Å²) in [4.78, 5) is 26.9. The van der Waals surface area contributed by atoms with Crippen LogP contribution in [0.15, 0.2) is 40.9 Å². The third-order valence-electron chi connectivity index (χ3n) is 6.94. The molecule has 0 bridgehead atoms. The van der Waals surface area contributed by atoms with E-state index in [9.17, 15) is 9.59 Å². The Hall–Kier alpha value is -2.56. The molecule has 1 aliphatic heterocycles. The van der Waals surface area contributed by atoms with Gasteiger partial charge in [-0.2, -0.15) is 0 Å². The van der Waals surface area contributed by atoms with Gasteiger partial charge >= 0.3 is 0 Å². The van der Waals surface area contributed by atoms with Crippen molar-refractivity contribution in [2.45, 2.75) is 86.0 Å². The van der Waals surface area contributed by atoms with Crippen molar-refractivity contribution in [1.29, 1.82) is 0 Å². The molecule has 0 fully saturated rings. The van der Waals surface area contributed by atoms with E-state index >= 15 is 0 Å². The predicted octanol–water partition coefficient (Wildman–Crippen LogP) is 6.66. The highest BCUT2D eigenvalue weighted by Gasteiger charge is 2.47. The van der Waals surface area contributed by atoms with E-state index in [4.69, 9.17) is 14.2 Å². The maximum atomic E-state index is 13.5. The fraction of sp³-hybridized carbons (Fsp3) is 0.586. The summed E-state index contributed by atoms with van der Waals surface area (Å²) in [6.07, 6.45) is 4.29. The van der Waals surface area contributed by atoms with E-state index in [1.807, 2.05) is 25.1 Å². The average Bonchev–Trinajstić information content (AvgIpc) is 2.71. The number of hydrogen-bond acceptors (Lipinski definition) is 5. The first kappa shape index (κ1) is 24.6. The van der Waals surface area contributed by atoms with Gasteiger partial charge in [-0.15, -0.1) is 0 Å². The molecule has 0 N–H and O–H groups in total. The van der Waals surface area contributed by atoms with Crippen LogP contribution in [0.25, 0.3) is 0 Å². The van der Waals surface area contributed by atoms with E-state index in [2.05, 4.69) is 34.6 Å². The molecule has 0 radical (unpaired) electrons. The molecule has 5 heteroatoms. The largest absolute Gasteiger partial charge is 0.490 e. The van der Waals surface area contributed by atoms with E-state index in [0.717, 1.165) is 29.9 Å². The van der Waals surface area contributed by atoms with E-state index in [1.54, 1.807) is 0 Å². The first-order valence-corrected chi connectivity index (χ1v) is 12.6. The standard InChI is InChI=1S/C29H38O5/c1-7-9-12-33-21-11-10-18(13-22(21)32-8-2)25-26-19(30)14-28(3,4)16-23(26)34-24-17-29(5,6)15-20(31)27(24)25/h10-11,13,25H,7-9,12,14-17H2,1-6H3. The number of benzene rings is 1. The van der Waals surface area contributed by atoms with Gasteiger partial charge in [0.1, 0.15) is 11.5 Å². The molecule has 1 aromatic carbocycles. The van der Waals surface area contributed by atoms with Crippen LogP contribution in [0.3, 0.4) is 0 Å². The lowest BCUT2D eigenvalue weighted by molar-refractivity contribution is -0.120. The lowest BCUT2D eigenvalue weighted by atomic mass is 9.65. The number of ketones is 2. The second kappa shape index (κ2) is 9.24. The molecule has 0 saturated heterocycles. The summed E-state index contributed by atoms with van der Waals surface area (Å²) in [5, 5.41) is 0. The molecular formula is C29H38O5. The summed E-state index contributed by atoms with van der Waals surface area (Å²) >= 11 is 0. The molecule has 184 valence electrons. The molecule has 4 rings (SSSR count). The maximum absolute atomic E-state index is 13.5. The van der Waals surface area contributed by atoms with Crippen molar-refractivity contribution in [3.05, 3.63) is 46.4 Å². The highest BCUT2D eigenvalue weighted by molar-refractivity contribution is 6.06. The number of rotatable bonds is 7. The number of Topliss-reactive ketones (excluding diaryl/α,β-unsaturated/α-hetero) is 2. The number of carbonyl (C=O) groups excluding carboxylic acids is 2. The average molecular weight is 467 g/mol. The van der Waals surface area contributed by atoms with Gasteiger partial charge in [0.25, 0.3) is 0 Å². The van der Waals surface area contributed by atoms with Crippen LogP contribution in [-0.4, -0.2) is 24.8 Å². The molecule has 0 amide bonds. The van der Waals surface area contributed by atoms with Crippen LogP contribution >= 0.6 is 0 Å². The van der Waals surface area contributed by atoms with Crippen LogP contribution in [0.4, 0.5) is 0 Å².